The van der Waals surface area contributed by atoms with E-state index >= 15 is 0 Å². The van der Waals surface area contributed by atoms with Crippen molar-refractivity contribution in [3.63, 3.8) is 0 Å². The molecule has 0 bridgehead atoms. The van der Waals surface area contributed by atoms with Gasteiger partial charge in [-0.05, 0) is 24.6 Å². The van der Waals surface area contributed by atoms with Crippen LogP contribution in [0.25, 0.3) is 11.5 Å². The molecule has 0 fully saturated rings. The molecule has 0 saturated heterocycles. The summed E-state index contributed by atoms with van der Waals surface area (Å²) in [5.74, 6) is 0.163. The summed E-state index contributed by atoms with van der Waals surface area (Å²) < 4.78 is 42.7. The number of hydrogen-bond acceptors (Lipinski definition) is 4. The first-order valence-electron chi connectivity index (χ1n) is 8.75. The molecular weight excluding hydrogens is 409 g/mol. The molecule has 1 amide bonds. The molecule has 11 heteroatoms. The van der Waals surface area contributed by atoms with Gasteiger partial charge in [-0.1, -0.05) is 23.7 Å². The normalized spacial score (nSPS) is 17.0. The maximum Gasteiger partial charge on any atom is 0.417 e. The molecule has 0 radical (unpaired) electrons. The predicted octanol–water partition coefficient (Wildman–Crippen LogP) is 3.40. The van der Waals surface area contributed by atoms with Crippen LogP contribution in [-0.4, -0.2) is 41.4 Å². The van der Waals surface area contributed by atoms with Crippen molar-refractivity contribution < 1.29 is 18.0 Å². The Morgan fingerprint density at radius 2 is 1.93 bits per heavy atom. The monoisotopic (exact) mass is 424 g/mol. The Hall–Kier alpha value is -2.88. The summed E-state index contributed by atoms with van der Waals surface area (Å²) in [6.07, 6.45) is -2.81. The highest BCUT2D eigenvalue weighted by Gasteiger charge is 2.37. The van der Waals surface area contributed by atoms with Crippen LogP contribution in [0.1, 0.15) is 28.7 Å². The summed E-state index contributed by atoms with van der Waals surface area (Å²) in [5, 5.41) is 12.0. The average molecular weight is 425 g/mol. The minimum Gasteiger partial charge on any atom is -0.327 e. The van der Waals surface area contributed by atoms with E-state index in [2.05, 4.69) is 15.3 Å². The van der Waals surface area contributed by atoms with Gasteiger partial charge in [-0.2, -0.15) is 18.3 Å². The number of nitrogens with zero attached hydrogens (tertiary/aromatic N) is 6. The zero-order chi connectivity index (χ0) is 20.9. The Bertz CT molecular complexity index is 1090. The maximum atomic E-state index is 13.1. The van der Waals surface area contributed by atoms with Crippen molar-refractivity contribution in [3.05, 3.63) is 52.4 Å². The van der Waals surface area contributed by atoms with E-state index in [1.54, 1.807) is 28.6 Å². The SMILES string of the molecule is CC1Cn2c(nnc2-c2ccn(C)n2)C(=O)N1Cc1cccc(C(F)(F)F)c1Cl. The van der Waals surface area contributed by atoms with Crippen LogP contribution in [-0.2, 0) is 26.3 Å². The molecule has 1 aromatic carbocycles. The van der Waals surface area contributed by atoms with Gasteiger partial charge in [0.2, 0.25) is 5.82 Å². The summed E-state index contributed by atoms with van der Waals surface area (Å²) in [6.45, 7) is 2.13. The summed E-state index contributed by atoms with van der Waals surface area (Å²) in [4.78, 5) is 14.4. The number of amides is 1. The number of halogens is 4. The molecule has 0 spiro atoms. The summed E-state index contributed by atoms with van der Waals surface area (Å²) in [7, 11) is 1.77. The van der Waals surface area contributed by atoms with Gasteiger partial charge in [-0.15, -0.1) is 10.2 Å². The third-order valence-electron chi connectivity index (χ3n) is 4.85. The molecular formula is C18H16ClF3N6O. The van der Waals surface area contributed by atoms with Crippen molar-refractivity contribution in [1.29, 1.82) is 0 Å². The zero-order valence-corrected chi connectivity index (χ0v) is 16.2. The van der Waals surface area contributed by atoms with Gasteiger partial charge >= 0.3 is 6.18 Å². The number of fused-ring (bicyclic) bond motifs is 1. The van der Waals surface area contributed by atoms with E-state index < -0.39 is 22.7 Å². The number of rotatable bonds is 3. The molecule has 0 N–H and O–H groups in total. The lowest BCUT2D eigenvalue weighted by molar-refractivity contribution is -0.137. The van der Waals surface area contributed by atoms with Gasteiger partial charge in [0.1, 0.15) is 5.69 Å². The number of aromatic nitrogens is 5. The fourth-order valence-corrected chi connectivity index (χ4v) is 3.67. The molecule has 1 aliphatic heterocycles. The van der Waals surface area contributed by atoms with Gasteiger partial charge < -0.3 is 4.90 Å². The van der Waals surface area contributed by atoms with Crippen molar-refractivity contribution in [2.75, 3.05) is 0 Å². The maximum absolute atomic E-state index is 13.1. The zero-order valence-electron chi connectivity index (χ0n) is 15.5. The van der Waals surface area contributed by atoms with Crippen molar-refractivity contribution >= 4 is 17.5 Å². The largest absolute Gasteiger partial charge is 0.417 e. The standard InChI is InChI=1S/C18H16ClF3N6O/c1-10-8-28-15(13-6-7-26(2)25-13)23-24-16(28)17(29)27(10)9-11-4-3-5-12(14(11)19)18(20,21)22/h3-7,10H,8-9H2,1-2H3. The Morgan fingerprint density at radius 1 is 1.21 bits per heavy atom. The third-order valence-corrected chi connectivity index (χ3v) is 5.30. The minimum atomic E-state index is -4.57. The van der Waals surface area contributed by atoms with Gasteiger partial charge in [0, 0.05) is 32.4 Å². The summed E-state index contributed by atoms with van der Waals surface area (Å²) >= 11 is 5.99. The highest BCUT2D eigenvalue weighted by Crippen LogP contribution is 2.37. The van der Waals surface area contributed by atoms with Gasteiger partial charge in [0.05, 0.1) is 10.6 Å². The number of hydrogen-bond donors (Lipinski definition) is 0. The lowest BCUT2D eigenvalue weighted by atomic mass is 10.1. The second-order valence-corrected chi connectivity index (χ2v) is 7.27. The molecule has 3 aromatic rings. The Labute approximate surface area is 168 Å². The minimum absolute atomic E-state index is 0.0610. The van der Waals surface area contributed by atoms with E-state index in [0.29, 0.717) is 18.1 Å². The van der Waals surface area contributed by atoms with Crippen LogP contribution in [0, 0.1) is 0 Å². The van der Waals surface area contributed by atoms with Crippen molar-refractivity contribution in [1.82, 2.24) is 29.4 Å². The predicted molar refractivity (Wildman–Crippen MR) is 98.0 cm³/mol. The van der Waals surface area contributed by atoms with Crippen LogP contribution in [0.2, 0.25) is 5.02 Å². The molecule has 2 aromatic heterocycles. The molecule has 0 aliphatic carbocycles. The summed E-state index contributed by atoms with van der Waals surface area (Å²) in [6, 6.07) is 5.14. The van der Waals surface area contributed by atoms with E-state index in [9.17, 15) is 18.0 Å². The molecule has 1 unspecified atom stereocenters. The fourth-order valence-electron chi connectivity index (χ4n) is 3.38. The number of carbonyl (C=O) groups excluding carboxylic acids is 1. The van der Waals surface area contributed by atoms with E-state index in [4.69, 9.17) is 11.6 Å². The number of aryl methyl sites for hydroxylation is 1. The van der Waals surface area contributed by atoms with Gasteiger partial charge in [-0.25, -0.2) is 0 Å². The Kier molecular flexibility index (Phi) is 4.60. The second-order valence-electron chi connectivity index (χ2n) is 6.89. The van der Waals surface area contributed by atoms with Crippen molar-refractivity contribution in [2.45, 2.75) is 32.2 Å². The molecule has 152 valence electrons. The highest BCUT2D eigenvalue weighted by molar-refractivity contribution is 6.32. The van der Waals surface area contributed by atoms with Crippen LogP contribution in [0.3, 0.4) is 0 Å². The quantitative estimate of drug-likeness (QED) is 0.646. The topological polar surface area (TPSA) is 68.8 Å². The van der Waals surface area contributed by atoms with E-state index in [1.807, 2.05) is 6.92 Å². The van der Waals surface area contributed by atoms with Crippen molar-refractivity contribution in [3.8, 4) is 11.5 Å². The average Bonchev–Trinajstić information content (AvgIpc) is 3.25. The van der Waals surface area contributed by atoms with E-state index in [1.165, 1.54) is 17.0 Å². The number of carbonyl (C=O) groups is 1. The number of benzene rings is 1. The Balaban J connectivity index is 1.66. The first-order chi connectivity index (χ1) is 13.7. The van der Waals surface area contributed by atoms with Crippen LogP contribution < -0.4 is 0 Å². The van der Waals surface area contributed by atoms with E-state index in [-0.39, 0.29) is 24.0 Å². The lowest BCUT2D eigenvalue weighted by Gasteiger charge is -2.34. The van der Waals surface area contributed by atoms with Crippen molar-refractivity contribution in [2.24, 2.45) is 7.05 Å². The number of alkyl halides is 3. The lowest BCUT2D eigenvalue weighted by Crippen LogP contribution is -2.46. The molecule has 1 aliphatic rings. The summed E-state index contributed by atoms with van der Waals surface area (Å²) in [5.41, 5.74) is -0.116. The Morgan fingerprint density at radius 3 is 2.59 bits per heavy atom. The second kappa shape index (κ2) is 6.87. The highest BCUT2D eigenvalue weighted by atomic mass is 35.5. The third kappa shape index (κ3) is 3.37. The smallest absolute Gasteiger partial charge is 0.327 e. The van der Waals surface area contributed by atoms with Gasteiger partial charge in [-0.3, -0.25) is 14.0 Å². The van der Waals surface area contributed by atoms with Crippen LogP contribution >= 0.6 is 11.6 Å². The van der Waals surface area contributed by atoms with E-state index in [0.717, 1.165) is 6.07 Å². The van der Waals surface area contributed by atoms with Gasteiger partial charge in [0.15, 0.2) is 5.82 Å². The molecule has 29 heavy (non-hydrogen) atoms. The molecule has 0 saturated carbocycles. The molecule has 4 rings (SSSR count). The van der Waals surface area contributed by atoms with Crippen LogP contribution in [0.15, 0.2) is 30.5 Å². The molecule has 1 atom stereocenters. The van der Waals surface area contributed by atoms with Gasteiger partial charge in [0.25, 0.3) is 5.91 Å². The van der Waals surface area contributed by atoms with Crippen LogP contribution in [0.4, 0.5) is 13.2 Å². The van der Waals surface area contributed by atoms with Crippen LogP contribution in [0.5, 0.6) is 0 Å². The molecule has 7 nitrogen and oxygen atoms in total. The first-order valence-corrected chi connectivity index (χ1v) is 9.13. The fraction of sp³-hybridized carbons (Fsp3) is 0.333. The molecule has 3 heterocycles. The first kappa shape index (κ1) is 19.4.